The maximum Gasteiger partial charge on any atom is 0.407 e. The number of hydrogen-bond donors (Lipinski definition) is 2. The van der Waals surface area contributed by atoms with Crippen LogP contribution in [0.1, 0.15) is 44.2 Å². The van der Waals surface area contributed by atoms with Gasteiger partial charge in [0.05, 0.1) is 17.0 Å². The molecule has 0 aromatic heterocycles. The molecule has 0 fully saturated rings. The van der Waals surface area contributed by atoms with Gasteiger partial charge in [-0.1, -0.05) is 60.7 Å². The molecule has 1 atom stereocenters. The molecule has 3 amide bonds. The Labute approximate surface area is 217 Å². The summed E-state index contributed by atoms with van der Waals surface area (Å²) in [5, 5.41) is 12.0. The summed E-state index contributed by atoms with van der Waals surface area (Å²) in [5.41, 5.74) is 5.07. The Bertz CT molecular complexity index is 1310. The quantitative estimate of drug-likeness (QED) is 0.321. The lowest BCUT2D eigenvalue weighted by Crippen LogP contribution is -2.42. The molecule has 37 heavy (non-hydrogen) atoms. The van der Waals surface area contributed by atoms with Gasteiger partial charge in [0.1, 0.15) is 12.6 Å². The summed E-state index contributed by atoms with van der Waals surface area (Å²) in [6, 6.07) is 21.4. The molecule has 0 spiro atoms. The first kappa shape index (κ1) is 24.6. The van der Waals surface area contributed by atoms with Crippen LogP contribution in [-0.2, 0) is 9.53 Å². The fraction of sp³-hybridized carbons (Fsp3) is 0.214. The van der Waals surface area contributed by atoms with Gasteiger partial charge in [-0.05, 0) is 46.6 Å². The number of fused-ring (bicyclic) bond motifs is 4. The van der Waals surface area contributed by atoms with Gasteiger partial charge in [0.15, 0.2) is 0 Å². The summed E-state index contributed by atoms with van der Waals surface area (Å²) in [7, 11) is 0. The normalized spacial score (nSPS) is 14.6. The average molecular weight is 517 g/mol. The Kier molecular flexibility index (Phi) is 6.96. The molecule has 0 saturated heterocycles. The van der Waals surface area contributed by atoms with Crippen LogP contribution in [-0.4, -0.2) is 58.2 Å². The number of nitrogens with one attached hydrogen (secondary N) is 1. The minimum Gasteiger partial charge on any atom is -0.480 e. The lowest BCUT2D eigenvalue weighted by Gasteiger charge is -2.18. The highest BCUT2D eigenvalue weighted by Crippen LogP contribution is 2.44. The van der Waals surface area contributed by atoms with Crippen LogP contribution >= 0.6 is 11.8 Å². The number of carbonyl (C=O) groups excluding carboxylic acids is 3. The minimum atomic E-state index is -1.19. The van der Waals surface area contributed by atoms with E-state index in [0.29, 0.717) is 16.9 Å². The minimum absolute atomic E-state index is 0.0840. The van der Waals surface area contributed by atoms with Crippen molar-refractivity contribution in [3.63, 3.8) is 0 Å². The van der Waals surface area contributed by atoms with E-state index >= 15 is 0 Å². The molecule has 3 aromatic carbocycles. The summed E-state index contributed by atoms with van der Waals surface area (Å²) in [5.74, 6) is -1.62. The summed E-state index contributed by atoms with van der Waals surface area (Å²) >= 11 is 1.25. The largest absolute Gasteiger partial charge is 0.480 e. The molecule has 188 valence electrons. The van der Waals surface area contributed by atoms with Crippen LogP contribution in [0.3, 0.4) is 0 Å². The van der Waals surface area contributed by atoms with Gasteiger partial charge in [0, 0.05) is 5.92 Å². The van der Waals surface area contributed by atoms with Gasteiger partial charge in [-0.25, -0.2) is 9.59 Å². The number of hydrogen-bond acceptors (Lipinski definition) is 6. The first-order chi connectivity index (χ1) is 18.0. The van der Waals surface area contributed by atoms with Gasteiger partial charge in [-0.3, -0.25) is 14.5 Å². The fourth-order valence-corrected chi connectivity index (χ4v) is 5.70. The highest BCUT2D eigenvalue weighted by atomic mass is 32.2. The average Bonchev–Trinajstić information content (AvgIpc) is 3.36. The Morgan fingerprint density at radius 2 is 1.38 bits per heavy atom. The van der Waals surface area contributed by atoms with E-state index in [1.54, 1.807) is 24.3 Å². The maximum atomic E-state index is 12.5. The number of carboxylic acid groups (broad SMARTS) is 1. The number of nitrogens with zero attached hydrogens (tertiary/aromatic N) is 1. The third-order valence-corrected chi connectivity index (χ3v) is 7.55. The number of carboxylic acids is 1. The van der Waals surface area contributed by atoms with Gasteiger partial charge in [0.25, 0.3) is 11.8 Å². The van der Waals surface area contributed by atoms with Crippen LogP contribution < -0.4 is 5.32 Å². The molecular formula is C28H24N2O6S. The smallest absolute Gasteiger partial charge is 0.407 e. The highest BCUT2D eigenvalue weighted by molar-refractivity contribution is 7.99. The number of aliphatic carboxylic acids is 1. The van der Waals surface area contributed by atoms with Gasteiger partial charge < -0.3 is 15.2 Å². The molecule has 2 N–H and O–H groups in total. The van der Waals surface area contributed by atoms with Gasteiger partial charge in [-0.2, -0.15) is 0 Å². The summed E-state index contributed by atoms with van der Waals surface area (Å²) < 4.78 is 5.45. The second kappa shape index (κ2) is 10.5. The van der Waals surface area contributed by atoms with E-state index in [4.69, 9.17) is 4.74 Å². The second-order valence-corrected chi connectivity index (χ2v) is 9.85. The Balaban J connectivity index is 1.12. The molecule has 9 heteroatoms. The van der Waals surface area contributed by atoms with Crippen LogP contribution in [0.2, 0.25) is 0 Å². The number of ether oxygens (including phenoxy) is 1. The van der Waals surface area contributed by atoms with Crippen molar-refractivity contribution in [1.82, 2.24) is 10.2 Å². The van der Waals surface area contributed by atoms with Gasteiger partial charge in [-0.15, -0.1) is 11.8 Å². The molecule has 1 aliphatic heterocycles. The number of benzene rings is 3. The van der Waals surface area contributed by atoms with E-state index in [1.807, 2.05) is 48.5 Å². The highest BCUT2D eigenvalue weighted by Gasteiger charge is 2.35. The van der Waals surface area contributed by atoms with Gasteiger partial charge >= 0.3 is 12.1 Å². The standard InChI is InChI=1S/C28H24N2O6S/c31-25-21-11-5-6-12-22(21)26(32)30(25)16-37-14-13-24(27(33)34)29-28(35)36-15-23-19-9-3-1-7-17(19)18-8-2-4-10-20(18)23/h1-12,23-24H,13-16H2,(H,29,35)(H,33,34). The number of imide groups is 1. The Hall–Kier alpha value is -4.11. The Morgan fingerprint density at radius 3 is 1.92 bits per heavy atom. The van der Waals surface area contributed by atoms with E-state index in [-0.39, 0.29) is 36.6 Å². The number of carbonyl (C=O) groups is 4. The van der Waals surface area contributed by atoms with Gasteiger partial charge in [0.2, 0.25) is 0 Å². The van der Waals surface area contributed by atoms with Crippen LogP contribution in [0, 0.1) is 0 Å². The zero-order valence-corrected chi connectivity index (χ0v) is 20.6. The first-order valence-corrected chi connectivity index (χ1v) is 13.0. The van der Waals surface area contributed by atoms with E-state index in [2.05, 4.69) is 5.32 Å². The molecule has 1 heterocycles. The lowest BCUT2D eigenvalue weighted by atomic mass is 9.98. The molecule has 3 aromatic rings. The summed E-state index contributed by atoms with van der Waals surface area (Å²) in [4.78, 5) is 50.3. The van der Waals surface area contributed by atoms with Crippen LogP contribution in [0.15, 0.2) is 72.8 Å². The number of amides is 3. The molecule has 0 radical (unpaired) electrons. The number of thioether (sulfide) groups is 1. The molecule has 0 saturated carbocycles. The van der Waals surface area contributed by atoms with Crippen molar-refractivity contribution in [3.05, 3.63) is 95.1 Å². The predicted octanol–water partition coefficient (Wildman–Crippen LogP) is 4.36. The third-order valence-electron chi connectivity index (χ3n) is 6.58. The van der Waals surface area contributed by atoms with Crippen molar-refractivity contribution in [3.8, 4) is 11.1 Å². The molecule has 0 bridgehead atoms. The summed E-state index contributed by atoms with van der Waals surface area (Å²) in [6.07, 6.45) is -0.701. The van der Waals surface area contributed by atoms with Crippen molar-refractivity contribution in [1.29, 1.82) is 0 Å². The molecule has 8 nitrogen and oxygen atoms in total. The van der Waals surface area contributed by atoms with Crippen LogP contribution in [0.25, 0.3) is 11.1 Å². The number of rotatable bonds is 9. The zero-order chi connectivity index (χ0) is 25.9. The third kappa shape index (κ3) is 4.82. The monoisotopic (exact) mass is 516 g/mol. The second-order valence-electron chi connectivity index (χ2n) is 8.77. The van der Waals surface area contributed by atoms with E-state index in [0.717, 1.165) is 27.2 Å². The van der Waals surface area contributed by atoms with E-state index < -0.39 is 18.1 Å². The van der Waals surface area contributed by atoms with Crippen molar-refractivity contribution in [2.75, 3.05) is 18.2 Å². The lowest BCUT2D eigenvalue weighted by molar-refractivity contribution is -0.139. The first-order valence-electron chi connectivity index (χ1n) is 11.8. The van der Waals surface area contributed by atoms with Crippen molar-refractivity contribution in [2.45, 2.75) is 18.4 Å². The Morgan fingerprint density at radius 1 is 0.865 bits per heavy atom. The van der Waals surface area contributed by atoms with Crippen LogP contribution in [0.4, 0.5) is 4.79 Å². The van der Waals surface area contributed by atoms with E-state index in [9.17, 15) is 24.3 Å². The van der Waals surface area contributed by atoms with E-state index in [1.165, 1.54) is 11.8 Å². The zero-order valence-electron chi connectivity index (χ0n) is 19.8. The predicted molar refractivity (Wildman–Crippen MR) is 139 cm³/mol. The molecular weight excluding hydrogens is 492 g/mol. The molecule has 1 unspecified atom stereocenters. The van der Waals surface area contributed by atoms with Crippen LogP contribution in [0.5, 0.6) is 0 Å². The van der Waals surface area contributed by atoms with Crippen molar-refractivity contribution in [2.24, 2.45) is 0 Å². The summed E-state index contributed by atoms with van der Waals surface area (Å²) in [6.45, 7) is 0.0840. The fourth-order valence-electron chi connectivity index (χ4n) is 4.75. The molecule has 1 aliphatic carbocycles. The SMILES string of the molecule is O=C(NC(CCSCN1C(=O)c2ccccc2C1=O)C(=O)O)OCC1c2ccccc2-c2ccccc21. The topological polar surface area (TPSA) is 113 Å². The van der Waals surface area contributed by atoms with Crippen molar-refractivity contribution >= 4 is 35.6 Å². The molecule has 2 aliphatic rings. The van der Waals surface area contributed by atoms with Crippen molar-refractivity contribution < 1.29 is 29.0 Å². The molecule has 5 rings (SSSR count). The maximum absolute atomic E-state index is 12.5. The number of alkyl carbamates (subject to hydrolysis) is 1.